The molecule has 0 fully saturated rings. The van der Waals surface area contributed by atoms with Gasteiger partial charge in [-0.25, -0.2) is 4.39 Å². The first-order valence-electron chi connectivity index (χ1n) is 6.62. The average Bonchev–Trinajstić information content (AvgIpc) is 2.80. The summed E-state index contributed by atoms with van der Waals surface area (Å²) in [5.41, 5.74) is 0.446. The third-order valence-electron chi connectivity index (χ3n) is 3.56. The third kappa shape index (κ3) is 2.54. The van der Waals surface area contributed by atoms with E-state index in [1.54, 1.807) is 29.4 Å². The maximum absolute atomic E-state index is 13.6. The van der Waals surface area contributed by atoms with E-state index in [4.69, 9.17) is 0 Å². The van der Waals surface area contributed by atoms with Crippen LogP contribution in [0.5, 0.6) is 0 Å². The lowest BCUT2D eigenvalue weighted by Gasteiger charge is -2.20. The molecule has 1 aromatic carbocycles. The van der Waals surface area contributed by atoms with Gasteiger partial charge in [-0.2, -0.15) is 0 Å². The van der Waals surface area contributed by atoms with E-state index in [9.17, 15) is 9.18 Å². The van der Waals surface area contributed by atoms with E-state index in [-0.39, 0.29) is 18.1 Å². The Morgan fingerprint density at radius 3 is 2.95 bits per heavy atom. The van der Waals surface area contributed by atoms with Crippen molar-refractivity contribution in [1.82, 2.24) is 19.7 Å². The van der Waals surface area contributed by atoms with Crippen LogP contribution in [-0.4, -0.2) is 38.7 Å². The van der Waals surface area contributed by atoms with Gasteiger partial charge in [0, 0.05) is 26.1 Å². The fourth-order valence-corrected chi connectivity index (χ4v) is 2.40. The van der Waals surface area contributed by atoms with Gasteiger partial charge in [-0.15, -0.1) is 10.2 Å². The second-order valence-corrected chi connectivity index (χ2v) is 4.84. The molecule has 1 aliphatic rings. The van der Waals surface area contributed by atoms with E-state index in [0.29, 0.717) is 31.6 Å². The first-order valence-corrected chi connectivity index (χ1v) is 6.62. The van der Waals surface area contributed by atoms with Gasteiger partial charge in [-0.1, -0.05) is 18.2 Å². The number of hydrogen-bond donors (Lipinski definition) is 0. The van der Waals surface area contributed by atoms with Crippen LogP contribution in [0.4, 0.5) is 4.39 Å². The van der Waals surface area contributed by atoms with E-state index in [2.05, 4.69) is 10.2 Å². The number of fused-ring (bicyclic) bond motifs is 1. The lowest BCUT2D eigenvalue weighted by Crippen LogP contribution is -2.35. The van der Waals surface area contributed by atoms with Crippen LogP contribution in [-0.2, 0) is 24.2 Å². The van der Waals surface area contributed by atoms with E-state index in [1.165, 1.54) is 6.07 Å². The Hall–Kier alpha value is -2.24. The van der Waals surface area contributed by atoms with Crippen LogP contribution in [0.3, 0.4) is 0 Å². The molecule has 20 heavy (non-hydrogen) atoms. The highest BCUT2D eigenvalue weighted by Gasteiger charge is 2.20. The number of benzene rings is 1. The van der Waals surface area contributed by atoms with Crippen molar-refractivity contribution < 1.29 is 9.18 Å². The zero-order chi connectivity index (χ0) is 13.9. The minimum atomic E-state index is -0.326. The molecule has 1 amide bonds. The molecule has 0 saturated carbocycles. The van der Waals surface area contributed by atoms with Crippen LogP contribution in [0, 0.1) is 5.82 Å². The summed E-state index contributed by atoms with van der Waals surface area (Å²) >= 11 is 0. The van der Waals surface area contributed by atoms with E-state index < -0.39 is 0 Å². The number of hydrogen-bond acceptors (Lipinski definition) is 3. The smallest absolute Gasteiger partial charge is 0.227 e. The van der Waals surface area contributed by atoms with Crippen LogP contribution < -0.4 is 0 Å². The lowest BCUT2D eigenvalue weighted by atomic mass is 10.1. The van der Waals surface area contributed by atoms with Crippen LogP contribution in [0.1, 0.15) is 11.4 Å². The van der Waals surface area contributed by atoms with Gasteiger partial charge in [-0.05, 0) is 11.6 Å². The fourth-order valence-electron chi connectivity index (χ4n) is 2.40. The standard InChI is InChI=1S/C14H15FN4O/c15-12-4-2-1-3-11(12)9-14(20)18-6-5-13-17-16-10-19(13)8-7-18/h1-4,10H,5-9H2. The second kappa shape index (κ2) is 5.40. The number of halogens is 1. The number of rotatable bonds is 2. The Balaban J connectivity index is 1.67. The van der Waals surface area contributed by atoms with Crippen LogP contribution >= 0.6 is 0 Å². The molecular formula is C14H15FN4O. The van der Waals surface area contributed by atoms with Gasteiger partial charge >= 0.3 is 0 Å². The molecule has 0 atom stereocenters. The number of nitrogens with zero attached hydrogens (tertiary/aromatic N) is 4. The van der Waals surface area contributed by atoms with Gasteiger partial charge in [0.15, 0.2) is 0 Å². The van der Waals surface area contributed by atoms with Crippen LogP contribution in [0.25, 0.3) is 0 Å². The van der Waals surface area contributed by atoms with Crippen molar-refractivity contribution in [2.75, 3.05) is 13.1 Å². The van der Waals surface area contributed by atoms with Crippen molar-refractivity contribution in [2.24, 2.45) is 0 Å². The Kier molecular flexibility index (Phi) is 3.45. The lowest BCUT2D eigenvalue weighted by molar-refractivity contribution is -0.130. The average molecular weight is 274 g/mol. The molecule has 1 aliphatic heterocycles. The molecule has 2 aromatic rings. The number of aromatic nitrogens is 3. The molecule has 0 saturated heterocycles. The molecule has 0 unspecified atom stereocenters. The molecule has 0 bridgehead atoms. The summed E-state index contributed by atoms with van der Waals surface area (Å²) in [4.78, 5) is 14.0. The summed E-state index contributed by atoms with van der Waals surface area (Å²) in [6, 6.07) is 6.41. The third-order valence-corrected chi connectivity index (χ3v) is 3.56. The topological polar surface area (TPSA) is 51.0 Å². The highest BCUT2D eigenvalue weighted by molar-refractivity contribution is 5.78. The highest BCUT2D eigenvalue weighted by Crippen LogP contribution is 2.11. The van der Waals surface area contributed by atoms with Gasteiger partial charge in [0.25, 0.3) is 0 Å². The summed E-state index contributed by atoms with van der Waals surface area (Å²) in [6.07, 6.45) is 2.47. The predicted octanol–water partition coefficient (Wildman–Crippen LogP) is 1.04. The molecule has 5 nitrogen and oxygen atoms in total. The number of amides is 1. The normalized spacial score (nSPS) is 14.8. The molecule has 6 heteroatoms. The number of carbonyl (C=O) groups is 1. The molecule has 0 aliphatic carbocycles. The zero-order valence-electron chi connectivity index (χ0n) is 11.0. The Morgan fingerprint density at radius 1 is 1.25 bits per heavy atom. The molecule has 1 aromatic heterocycles. The van der Waals surface area contributed by atoms with Crippen LogP contribution in [0.2, 0.25) is 0 Å². The zero-order valence-corrected chi connectivity index (χ0v) is 11.0. The molecule has 0 spiro atoms. The van der Waals surface area contributed by atoms with Crippen molar-refractivity contribution in [3.63, 3.8) is 0 Å². The van der Waals surface area contributed by atoms with E-state index >= 15 is 0 Å². The van der Waals surface area contributed by atoms with E-state index in [0.717, 1.165) is 5.82 Å². The van der Waals surface area contributed by atoms with Gasteiger partial charge in [-0.3, -0.25) is 4.79 Å². The van der Waals surface area contributed by atoms with Gasteiger partial charge < -0.3 is 9.47 Å². The molecule has 2 heterocycles. The monoisotopic (exact) mass is 274 g/mol. The summed E-state index contributed by atoms with van der Waals surface area (Å²) in [5, 5.41) is 7.88. The quantitative estimate of drug-likeness (QED) is 0.822. The van der Waals surface area contributed by atoms with Crippen molar-refractivity contribution in [3.8, 4) is 0 Å². The molecule has 0 radical (unpaired) electrons. The van der Waals surface area contributed by atoms with Gasteiger partial charge in [0.05, 0.1) is 6.42 Å². The summed E-state index contributed by atoms with van der Waals surface area (Å²) in [6.45, 7) is 1.90. The van der Waals surface area contributed by atoms with Gasteiger partial charge in [0.1, 0.15) is 18.0 Å². The van der Waals surface area contributed by atoms with Crippen molar-refractivity contribution in [1.29, 1.82) is 0 Å². The Labute approximate surface area is 116 Å². The van der Waals surface area contributed by atoms with Gasteiger partial charge in [0.2, 0.25) is 5.91 Å². The Bertz CT molecular complexity index is 603. The van der Waals surface area contributed by atoms with E-state index in [1.807, 2.05) is 4.57 Å². The first kappa shape index (κ1) is 12.8. The molecule has 0 N–H and O–H groups in total. The number of carbonyl (C=O) groups excluding carboxylic acids is 1. The summed E-state index contributed by atoms with van der Waals surface area (Å²) in [7, 11) is 0. The fraction of sp³-hybridized carbons (Fsp3) is 0.357. The van der Waals surface area contributed by atoms with Crippen molar-refractivity contribution in [2.45, 2.75) is 19.4 Å². The largest absolute Gasteiger partial charge is 0.340 e. The summed E-state index contributed by atoms with van der Waals surface area (Å²) < 4.78 is 15.5. The molecular weight excluding hydrogens is 259 g/mol. The molecule has 3 rings (SSSR count). The maximum atomic E-state index is 13.6. The van der Waals surface area contributed by atoms with Crippen molar-refractivity contribution >= 4 is 5.91 Å². The molecule has 104 valence electrons. The second-order valence-electron chi connectivity index (χ2n) is 4.84. The highest BCUT2D eigenvalue weighted by atomic mass is 19.1. The predicted molar refractivity (Wildman–Crippen MR) is 70.4 cm³/mol. The first-order chi connectivity index (χ1) is 9.74. The minimum Gasteiger partial charge on any atom is -0.340 e. The summed E-state index contributed by atoms with van der Waals surface area (Å²) in [5.74, 6) is 0.521. The Morgan fingerprint density at radius 2 is 2.10 bits per heavy atom. The minimum absolute atomic E-state index is 0.0474. The SMILES string of the molecule is O=C(Cc1ccccc1F)N1CCc2nncn2CC1. The maximum Gasteiger partial charge on any atom is 0.227 e. The van der Waals surface area contributed by atoms with Crippen molar-refractivity contribution in [3.05, 3.63) is 47.8 Å². The van der Waals surface area contributed by atoms with Crippen LogP contribution in [0.15, 0.2) is 30.6 Å².